The van der Waals surface area contributed by atoms with Crippen molar-refractivity contribution in [2.45, 2.75) is 19.3 Å². The molecular weight excluding hydrogens is 251 g/mol. The van der Waals surface area contributed by atoms with Gasteiger partial charge in [0.05, 0.1) is 6.61 Å². The number of carbonyl (C=O) groups is 2. The van der Waals surface area contributed by atoms with E-state index in [0.717, 1.165) is 0 Å². The van der Waals surface area contributed by atoms with Crippen LogP contribution in [0.5, 0.6) is 0 Å². The molecule has 4 nitrogen and oxygen atoms in total. The Bertz CT molecular complexity index is 414. The third kappa shape index (κ3) is 6.10. The number of ether oxygens (including phenoxy) is 2. The first-order valence-corrected chi connectivity index (χ1v) is 6.07. The monoisotopic (exact) mass is 268 g/mol. The van der Waals surface area contributed by atoms with Crippen molar-refractivity contribution in [1.82, 2.24) is 0 Å². The van der Waals surface area contributed by atoms with Gasteiger partial charge in [0.15, 0.2) is 5.78 Å². The van der Waals surface area contributed by atoms with Crippen molar-refractivity contribution in [3.63, 3.8) is 0 Å². The van der Waals surface area contributed by atoms with Gasteiger partial charge in [0.2, 0.25) is 0 Å². The van der Waals surface area contributed by atoms with E-state index in [0.29, 0.717) is 18.6 Å². The smallest absolute Gasteiger partial charge is 0.305 e. The summed E-state index contributed by atoms with van der Waals surface area (Å²) in [6.45, 7) is 0.585. The van der Waals surface area contributed by atoms with Crippen LogP contribution in [0.25, 0.3) is 0 Å². The fourth-order valence-corrected chi connectivity index (χ4v) is 1.48. The summed E-state index contributed by atoms with van der Waals surface area (Å²) >= 11 is 0. The van der Waals surface area contributed by atoms with Gasteiger partial charge in [-0.1, -0.05) is 0 Å². The molecule has 0 aromatic heterocycles. The molecule has 0 amide bonds. The summed E-state index contributed by atoms with van der Waals surface area (Å²) < 4.78 is 22.3. The standard InChI is InChI=1S/C14H17FO4/c1-18-9-10-19-14(17)4-2-3-13(16)11-5-7-12(15)8-6-11/h5-8H,2-4,9-10H2,1H3. The second-order valence-electron chi connectivity index (χ2n) is 4.00. The average Bonchev–Trinajstić information content (AvgIpc) is 2.39. The van der Waals surface area contributed by atoms with E-state index in [-0.39, 0.29) is 37.0 Å². The number of ketones is 1. The van der Waals surface area contributed by atoms with E-state index in [1.54, 1.807) is 0 Å². The Labute approximate surface area is 111 Å². The highest BCUT2D eigenvalue weighted by atomic mass is 19.1. The molecule has 0 atom stereocenters. The molecule has 19 heavy (non-hydrogen) atoms. The van der Waals surface area contributed by atoms with Crippen molar-refractivity contribution in [2.75, 3.05) is 20.3 Å². The number of methoxy groups -OCH3 is 1. The van der Waals surface area contributed by atoms with Crippen LogP contribution < -0.4 is 0 Å². The molecule has 104 valence electrons. The molecule has 1 rings (SSSR count). The van der Waals surface area contributed by atoms with Crippen LogP contribution in [0, 0.1) is 5.82 Å². The van der Waals surface area contributed by atoms with Gasteiger partial charge in [-0.3, -0.25) is 9.59 Å². The van der Waals surface area contributed by atoms with Crippen LogP contribution in [-0.2, 0) is 14.3 Å². The molecule has 0 aliphatic carbocycles. The third-order valence-electron chi connectivity index (χ3n) is 2.50. The Morgan fingerprint density at radius 2 is 1.79 bits per heavy atom. The minimum Gasteiger partial charge on any atom is -0.463 e. The predicted octanol–water partition coefficient (Wildman–Crippen LogP) is 2.37. The zero-order chi connectivity index (χ0) is 14.1. The van der Waals surface area contributed by atoms with E-state index in [2.05, 4.69) is 0 Å². The second-order valence-corrected chi connectivity index (χ2v) is 4.00. The van der Waals surface area contributed by atoms with Crippen molar-refractivity contribution in [3.05, 3.63) is 35.6 Å². The van der Waals surface area contributed by atoms with Crippen molar-refractivity contribution < 1.29 is 23.5 Å². The number of esters is 1. The van der Waals surface area contributed by atoms with Crippen molar-refractivity contribution >= 4 is 11.8 Å². The Hall–Kier alpha value is -1.75. The molecule has 0 heterocycles. The zero-order valence-corrected chi connectivity index (χ0v) is 10.9. The quantitative estimate of drug-likeness (QED) is 0.412. The molecule has 0 N–H and O–H groups in total. The van der Waals surface area contributed by atoms with Gasteiger partial charge in [-0.15, -0.1) is 0 Å². The number of hydrogen-bond donors (Lipinski definition) is 0. The SMILES string of the molecule is COCCOC(=O)CCCC(=O)c1ccc(F)cc1. The molecule has 0 radical (unpaired) electrons. The number of halogens is 1. The first-order valence-electron chi connectivity index (χ1n) is 6.07. The van der Waals surface area contributed by atoms with E-state index in [1.165, 1.54) is 31.4 Å². The minimum absolute atomic E-state index is 0.107. The van der Waals surface area contributed by atoms with Gasteiger partial charge in [0.25, 0.3) is 0 Å². The lowest BCUT2D eigenvalue weighted by Crippen LogP contribution is -2.10. The maximum Gasteiger partial charge on any atom is 0.305 e. The Morgan fingerprint density at radius 3 is 2.42 bits per heavy atom. The van der Waals surface area contributed by atoms with Gasteiger partial charge in [-0.25, -0.2) is 4.39 Å². The highest BCUT2D eigenvalue weighted by molar-refractivity contribution is 5.96. The summed E-state index contributed by atoms with van der Waals surface area (Å²) in [6, 6.07) is 5.36. The van der Waals surface area contributed by atoms with E-state index in [4.69, 9.17) is 9.47 Å². The minimum atomic E-state index is -0.377. The first-order chi connectivity index (χ1) is 9.13. The molecule has 0 unspecified atom stereocenters. The van der Waals surface area contributed by atoms with E-state index >= 15 is 0 Å². The van der Waals surface area contributed by atoms with Crippen molar-refractivity contribution in [3.8, 4) is 0 Å². The van der Waals surface area contributed by atoms with Gasteiger partial charge in [0, 0.05) is 25.5 Å². The summed E-state index contributed by atoms with van der Waals surface area (Å²) in [5.41, 5.74) is 0.453. The summed E-state index contributed by atoms with van der Waals surface area (Å²) in [5.74, 6) is -0.827. The van der Waals surface area contributed by atoms with Crippen LogP contribution in [0.15, 0.2) is 24.3 Å². The Kier molecular flexibility index (Phi) is 6.74. The van der Waals surface area contributed by atoms with Gasteiger partial charge in [0.1, 0.15) is 12.4 Å². The molecule has 0 spiro atoms. The highest BCUT2D eigenvalue weighted by Crippen LogP contribution is 2.08. The number of hydrogen-bond acceptors (Lipinski definition) is 4. The topological polar surface area (TPSA) is 52.6 Å². The number of Topliss-reactive ketones (excluding diaryl/α,β-unsaturated/α-hetero) is 1. The van der Waals surface area contributed by atoms with Gasteiger partial charge >= 0.3 is 5.97 Å². The second kappa shape index (κ2) is 8.37. The summed E-state index contributed by atoms with van der Waals surface area (Å²) in [5, 5.41) is 0. The molecule has 1 aromatic carbocycles. The fourth-order valence-electron chi connectivity index (χ4n) is 1.48. The summed E-state index contributed by atoms with van der Waals surface area (Å²) in [6.07, 6.45) is 0.851. The van der Waals surface area contributed by atoms with Gasteiger partial charge in [-0.2, -0.15) is 0 Å². The number of rotatable bonds is 8. The Morgan fingerprint density at radius 1 is 1.11 bits per heavy atom. The predicted molar refractivity (Wildman–Crippen MR) is 67.4 cm³/mol. The average molecular weight is 268 g/mol. The van der Waals surface area contributed by atoms with Gasteiger partial charge < -0.3 is 9.47 Å². The lowest BCUT2D eigenvalue weighted by atomic mass is 10.1. The van der Waals surface area contributed by atoms with Crippen LogP contribution in [0.2, 0.25) is 0 Å². The van der Waals surface area contributed by atoms with Crippen LogP contribution >= 0.6 is 0 Å². The van der Waals surface area contributed by atoms with Crippen LogP contribution in [0.3, 0.4) is 0 Å². The number of benzene rings is 1. The zero-order valence-electron chi connectivity index (χ0n) is 10.9. The summed E-state index contributed by atoms with van der Waals surface area (Å²) in [4.78, 5) is 22.9. The maximum absolute atomic E-state index is 12.7. The normalized spacial score (nSPS) is 10.2. The highest BCUT2D eigenvalue weighted by Gasteiger charge is 2.08. The van der Waals surface area contributed by atoms with Gasteiger partial charge in [-0.05, 0) is 30.7 Å². The van der Waals surface area contributed by atoms with Crippen LogP contribution in [0.4, 0.5) is 4.39 Å². The van der Waals surface area contributed by atoms with Crippen molar-refractivity contribution in [1.29, 1.82) is 0 Å². The molecule has 5 heteroatoms. The molecular formula is C14H17FO4. The lowest BCUT2D eigenvalue weighted by Gasteiger charge is -2.04. The summed E-state index contributed by atoms with van der Waals surface area (Å²) in [7, 11) is 1.52. The third-order valence-corrected chi connectivity index (χ3v) is 2.50. The van der Waals surface area contributed by atoms with E-state index < -0.39 is 0 Å². The molecule has 0 fully saturated rings. The molecule has 1 aromatic rings. The maximum atomic E-state index is 12.7. The van der Waals surface area contributed by atoms with Crippen LogP contribution in [0.1, 0.15) is 29.6 Å². The lowest BCUT2D eigenvalue weighted by molar-refractivity contribution is -0.144. The van der Waals surface area contributed by atoms with E-state index in [1.807, 2.05) is 0 Å². The molecule has 0 saturated heterocycles. The first kappa shape index (κ1) is 15.3. The van der Waals surface area contributed by atoms with Crippen LogP contribution in [-0.4, -0.2) is 32.1 Å². The molecule has 0 aliphatic heterocycles. The molecule has 0 aliphatic rings. The number of carbonyl (C=O) groups excluding carboxylic acids is 2. The largest absolute Gasteiger partial charge is 0.463 e. The fraction of sp³-hybridized carbons (Fsp3) is 0.429. The molecule has 0 bridgehead atoms. The van der Waals surface area contributed by atoms with Crippen molar-refractivity contribution in [2.24, 2.45) is 0 Å². The Balaban J connectivity index is 2.23. The van der Waals surface area contributed by atoms with E-state index in [9.17, 15) is 14.0 Å². The molecule has 0 saturated carbocycles.